The highest BCUT2D eigenvalue weighted by molar-refractivity contribution is 5.97. The second-order valence-corrected chi connectivity index (χ2v) is 8.22. The van der Waals surface area contributed by atoms with E-state index in [-0.39, 0.29) is 11.6 Å². The van der Waals surface area contributed by atoms with Gasteiger partial charge in [-0.3, -0.25) is 0 Å². The average Bonchev–Trinajstić information content (AvgIpc) is 3.14. The minimum absolute atomic E-state index is 0.129. The lowest BCUT2D eigenvalue weighted by Crippen LogP contribution is -2.46. The number of fused-ring (bicyclic) bond motifs is 1. The first-order chi connectivity index (χ1) is 15.4. The van der Waals surface area contributed by atoms with Crippen LogP contribution < -0.4 is 10.1 Å². The molecule has 174 valence electrons. The number of para-hydroxylation sites is 1. The zero-order valence-corrected chi connectivity index (χ0v) is 18.4. The number of nitrogens with one attached hydrogen (secondary N) is 2. The van der Waals surface area contributed by atoms with Gasteiger partial charge in [-0.15, -0.1) is 0 Å². The lowest BCUT2D eigenvalue weighted by Gasteiger charge is -2.24. The molecule has 3 rings (SSSR count). The molecular formula is C22H22F3N5O3. The number of H-pyrrole nitrogens is 1. The van der Waals surface area contributed by atoms with Crippen LogP contribution in [0.1, 0.15) is 32.0 Å². The van der Waals surface area contributed by atoms with E-state index < -0.39 is 30.5 Å². The Morgan fingerprint density at radius 1 is 1.30 bits per heavy atom. The molecule has 33 heavy (non-hydrogen) atoms. The molecule has 1 aromatic carbocycles. The van der Waals surface area contributed by atoms with Crippen molar-refractivity contribution in [1.29, 1.82) is 5.26 Å². The molecule has 0 saturated carbocycles. The fourth-order valence-corrected chi connectivity index (χ4v) is 3.02. The zero-order valence-electron chi connectivity index (χ0n) is 18.4. The van der Waals surface area contributed by atoms with Gasteiger partial charge in [-0.1, -0.05) is 12.1 Å². The maximum Gasteiger partial charge on any atom is 0.427 e. The number of rotatable bonds is 5. The Hall–Kier alpha value is -3.81. The van der Waals surface area contributed by atoms with Crippen molar-refractivity contribution in [3.05, 3.63) is 41.9 Å². The first-order valence-corrected chi connectivity index (χ1v) is 9.93. The summed E-state index contributed by atoms with van der Waals surface area (Å²) in [5, 5.41) is 12.0. The first-order valence-electron chi connectivity index (χ1n) is 9.93. The summed E-state index contributed by atoms with van der Waals surface area (Å²) in [5.41, 5.74) is 1.39. The van der Waals surface area contributed by atoms with E-state index in [1.807, 2.05) is 0 Å². The molecule has 0 fully saturated rings. The Morgan fingerprint density at radius 3 is 2.64 bits per heavy atom. The van der Waals surface area contributed by atoms with Crippen molar-refractivity contribution in [1.82, 2.24) is 20.3 Å². The number of hydrogen-bond donors (Lipinski definition) is 2. The third-order valence-electron chi connectivity index (χ3n) is 4.46. The molecule has 0 aliphatic carbocycles. The molecule has 0 aliphatic heterocycles. The van der Waals surface area contributed by atoms with Crippen LogP contribution in [-0.2, 0) is 4.74 Å². The van der Waals surface area contributed by atoms with E-state index in [1.165, 1.54) is 13.1 Å². The van der Waals surface area contributed by atoms with Gasteiger partial charge in [0, 0.05) is 17.1 Å². The van der Waals surface area contributed by atoms with Crippen LogP contribution in [0.2, 0.25) is 0 Å². The standard InChI is InChI=1S/C22H22F3N5O3/c1-12-19(32-17(22(23,24)25)11-29-20(31)33-21(2,3)4)28-10-16(30-12)15-9-27-18-13(8-26)6-5-7-14(15)18/h5-7,9-10,17,27H,11H2,1-4H3,(H,29,31). The topological polar surface area (TPSA) is 113 Å². The Morgan fingerprint density at radius 2 is 2.03 bits per heavy atom. The van der Waals surface area contributed by atoms with Gasteiger partial charge in [-0.05, 0) is 33.8 Å². The van der Waals surface area contributed by atoms with E-state index in [0.29, 0.717) is 22.3 Å². The molecule has 2 N–H and O–H groups in total. The maximum absolute atomic E-state index is 13.5. The molecule has 11 heteroatoms. The minimum atomic E-state index is -4.77. The maximum atomic E-state index is 13.5. The molecule has 2 heterocycles. The normalized spacial score (nSPS) is 12.8. The predicted molar refractivity (Wildman–Crippen MR) is 113 cm³/mol. The predicted octanol–water partition coefficient (Wildman–Crippen LogP) is 4.64. The Bertz CT molecular complexity index is 1210. The number of benzene rings is 1. The third kappa shape index (κ3) is 5.71. The summed E-state index contributed by atoms with van der Waals surface area (Å²) in [6.45, 7) is 5.40. The first kappa shape index (κ1) is 23.8. The quantitative estimate of drug-likeness (QED) is 0.572. The summed E-state index contributed by atoms with van der Waals surface area (Å²) < 4.78 is 50.5. The number of carbonyl (C=O) groups is 1. The number of amides is 1. The monoisotopic (exact) mass is 461 g/mol. The van der Waals surface area contributed by atoms with Crippen molar-refractivity contribution in [3.63, 3.8) is 0 Å². The Labute approximate surface area is 187 Å². The van der Waals surface area contributed by atoms with Gasteiger partial charge in [-0.2, -0.15) is 18.4 Å². The molecule has 2 aromatic heterocycles. The number of aryl methyl sites for hydroxylation is 1. The van der Waals surface area contributed by atoms with Gasteiger partial charge < -0.3 is 19.8 Å². The number of aromatic amines is 1. The Balaban J connectivity index is 1.81. The fraction of sp³-hybridized carbons (Fsp3) is 0.364. The summed E-state index contributed by atoms with van der Waals surface area (Å²) in [6, 6.07) is 7.28. The number of nitrogens with zero attached hydrogens (tertiary/aromatic N) is 3. The molecule has 0 bridgehead atoms. The molecule has 0 saturated heterocycles. The molecule has 0 spiro atoms. The van der Waals surface area contributed by atoms with Crippen molar-refractivity contribution in [2.75, 3.05) is 6.54 Å². The smallest absolute Gasteiger partial charge is 0.427 e. The van der Waals surface area contributed by atoms with Crippen molar-refractivity contribution < 1.29 is 27.4 Å². The van der Waals surface area contributed by atoms with Crippen LogP contribution in [0.4, 0.5) is 18.0 Å². The average molecular weight is 461 g/mol. The van der Waals surface area contributed by atoms with Gasteiger partial charge in [0.25, 0.3) is 0 Å². The van der Waals surface area contributed by atoms with Gasteiger partial charge in [0.1, 0.15) is 17.4 Å². The van der Waals surface area contributed by atoms with Crippen LogP contribution in [0, 0.1) is 18.3 Å². The molecule has 1 unspecified atom stereocenters. The molecule has 8 nitrogen and oxygen atoms in total. The van der Waals surface area contributed by atoms with E-state index in [2.05, 4.69) is 26.3 Å². The van der Waals surface area contributed by atoms with E-state index >= 15 is 0 Å². The van der Waals surface area contributed by atoms with E-state index in [1.54, 1.807) is 45.2 Å². The highest BCUT2D eigenvalue weighted by Gasteiger charge is 2.43. The second kappa shape index (κ2) is 8.97. The molecule has 0 aliphatic rings. The number of alkyl halides is 3. The highest BCUT2D eigenvalue weighted by atomic mass is 19.4. The van der Waals surface area contributed by atoms with E-state index in [9.17, 15) is 23.2 Å². The van der Waals surface area contributed by atoms with Crippen LogP contribution in [0.3, 0.4) is 0 Å². The van der Waals surface area contributed by atoms with Crippen LogP contribution in [0.5, 0.6) is 5.88 Å². The van der Waals surface area contributed by atoms with E-state index in [0.717, 1.165) is 5.39 Å². The fourth-order valence-electron chi connectivity index (χ4n) is 3.02. The molecule has 1 atom stereocenters. The third-order valence-corrected chi connectivity index (χ3v) is 4.46. The minimum Gasteiger partial charge on any atom is -0.461 e. The summed E-state index contributed by atoms with van der Waals surface area (Å²) >= 11 is 0. The molecule has 3 aromatic rings. The molecule has 1 amide bonds. The number of ether oxygens (including phenoxy) is 2. The van der Waals surface area contributed by atoms with Crippen LogP contribution in [0.15, 0.2) is 30.6 Å². The summed E-state index contributed by atoms with van der Waals surface area (Å²) in [5.74, 6) is -0.315. The summed E-state index contributed by atoms with van der Waals surface area (Å²) in [4.78, 5) is 23.1. The van der Waals surface area contributed by atoms with Gasteiger partial charge >= 0.3 is 12.3 Å². The number of nitriles is 1. The van der Waals surface area contributed by atoms with Crippen molar-refractivity contribution in [2.24, 2.45) is 0 Å². The van der Waals surface area contributed by atoms with Crippen LogP contribution >= 0.6 is 0 Å². The van der Waals surface area contributed by atoms with Crippen molar-refractivity contribution >= 4 is 17.0 Å². The second-order valence-electron chi connectivity index (χ2n) is 8.22. The summed E-state index contributed by atoms with van der Waals surface area (Å²) in [7, 11) is 0. The zero-order chi connectivity index (χ0) is 24.4. The SMILES string of the molecule is Cc1nc(-c2c[nH]c3c(C#N)cccc23)cnc1OC(CNC(=O)OC(C)(C)C)C(F)(F)F. The number of carbonyl (C=O) groups excluding carboxylic acids is 1. The van der Waals surface area contributed by atoms with Gasteiger partial charge in [0.15, 0.2) is 0 Å². The summed E-state index contributed by atoms with van der Waals surface area (Å²) in [6.07, 6.45) is -5.17. The highest BCUT2D eigenvalue weighted by Crippen LogP contribution is 2.31. The number of halogens is 3. The van der Waals surface area contributed by atoms with Gasteiger partial charge in [-0.25, -0.2) is 14.8 Å². The van der Waals surface area contributed by atoms with Crippen molar-refractivity contribution in [3.8, 4) is 23.2 Å². The molecular weight excluding hydrogens is 439 g/mol. The van der Waals surface area contributed by atoms with Crippen molar-refractivity contribution in [2.45, 2.75) is 45.6 Å². The molecule has 0 radical (unpaired) electrons. The lowest BCUT2D eigenvalue weighted by atomic mass is 10.1. The Kier molecular flexibility index (Phi) is 6.48. The van der Waals surface area contributed by atoms with Gasteiger partial charge in [0.05, 0.1) is 29.5 Å². The largest absolute Gasteiger partial charge is 0.461 e. The number of alkyl carbamates (subject to hydrolysis) is 1. The van der Waals surface area contributed by atoms with E-state index in [4.69, 9.17) is 9.47 Å². The van der Waals surface area contributed by atoms with Crippen LogP contribution in [-0.4, -0.2) is 45.5 Å². The lowest BCUT2D eigenvalue weighted by molar-refractivity contribution is -0.193. The van der Waals surface area contributed by atoms with Gasteiger partial charge in [0.2, 0.25) is 12.0 Å². The number of aromatic nitrogens is 3. The number of hydrogen-bond acceptors (Lipinski definition) is 6. The van der Waals surface area contributed by atoms with Crippen LogP contribution in [0.25, 0.3) is 22.2 Å².